The number of nitrogens with one attached hydrogen (secondary N) is 1. The van der Waals surface area contributed by atoms with Crippen molar-refractivity contribution in [3.63, 3.8) is 0 Å². The molecular weight excluding hydrogens is 226 g/mol. The molecule has 1 aliphatic rings. The Bertz CT molecular complexity index is 673. The topological polar surface area (TPSA) is 60.0 Å². The van der Waals surface area contributed by atoms with E-state index in [1.807, 2.05) is 25.2 Å². The van der Waals surface area contributed by atoms with E-state index in [1.54, 1.807) is 4.57 Å². The van der Waals surface area contributed by atoms with E-state index < -0.39 is 0 Å². The molecule has 0 spiro atoms. The Morgan fingerprint density at radius 1 is 1.33 bits per heavy atom. The summed E-state index contributed by atoms with van der Waals surface area (Å²) in [6.07, 6.45) is 3.00. The van der Waals surface area contributed by atoms with Crippen molar-refractivity contribution in [2.75, 3.05) is 17.6 Å². The first-order valence-corrected chi connectivity index (χ1v) is 6.33. The molecule has 0 saturated carbocycles. The van der Waals surface area contributed by atoms with Gasteiger partial charge in [0, 0.05) is 30.2 Å². The highest BCUT2D eigenvalue weighted by Gasteiger charge is 2.16. The van der Waals surface area contributed by atoms with Crippen LogP contribution in [0.2, 0.25) is 0 Å². The molecule has 0 radical (unpaired) electrons. The van der Waals surface area contributed by atoms with Gasteiger partial charge in [-0.3, -0.25) is 4.79 Å². The summed E-state index contributed by atoms with van der Waals surface area (Å²) < 4.78 is 1.72. The maximum absolute atomic E-state index is 12.4. The highest BCUT2D eigenvalue weighted by atomic mass is 16.1. The van der Waals surface area contributed by atoms with Gasteiger partial charge in [0.1, 0.15) is 0 Å². The third-order valence-corrected chi connectivity index (χ3v) is 3.67. The van der Waals surface area contributed by atoms with Gasteiger partial charge in [-0.1, -0.05) is 0 Å². The van der Waals surface area contributed by atoms with Gasteiger partial charge in [0.2, 0.25) is 0 Å². The Hall–Kier alpha value is -1.97. The molecule has 0 fully saturated rings. The minimum atomic E-state index is 0.108. The quantitative estimate of drug-likeness (QED) is 0.694. The van der Waals surface area contributed by atoms with Gasteiger partial charge in [0.25, 0.3) is 5.56 Å². The van der Waals surface area contributed by atoms with Crippen molar-refractivity contribution in [3.8, 4) is 0 Å². The first kappa shape index (κ1) is 11.1. The average molecular weight is 243 g/mol. The maximum atomic E-state index is 12.4. The van der Waals surface area contributed by atoms with Crippen molar-refractivity contribution in [1.82, 2.24) is 4.57 Å². The van der Waals surface area contributed by atoms with Crippen molar-refractivity contribution < 1.29 is 0 Å². The van der Waals surface area contributed by atoms with Gasteiger partial charge in [-0.05, 0) is 37.5 Å². The van der Waals surface area contributed by atoms with Gasteiger partial charge < -0.3 is 15.6 Å². The van der Waals surface area contributed by atoms with E-state index in [9.17, 15) is 4.79 Å². The number of aromatic nitrogens is 1. The van der Waals surface area contributed by atoms with Gasteiger partial charge in [-0.25, -0.2) is 0 Å². The molecule has 18 heavy (non-hydrogen) atoms. The number of nitrogen functional groups attached to an aromatic ring is 1. The van der Waals surface area contributed by atoms with Crippen LogP contribution < -0.4 is 16.6 Å². The summed E-state index contributed by atoms with van der Waals surface area (Å²) in [7, 11) is 1.83. The van der Waals surface area contributed by atoms with Crippen LogP contribution in [-0.4, -0.2) is 11.1 Å². The zero-order chi connectivity index (χ0) is 12.7. The summed E-state index contributed by atoms with van der Waals surface area (Å²) >= 11 is 0. The van der Waals surface area contributed by atoms with Crippen LogP contribution >= 0.6 is 0 Å². The number of fused-ring (bicyclic) bond motifs is 3. The predicted molar refractivity (Wildman–Crippen MR) is 75.0 cm³/mol. The van der Waals surface area contributed by atoms with Crippen LogP contribution in [0, 0.1) is 0 Å². The van der Waals surface area contributed by atoms with E-state index >= 15 is 0 Å². The average Bonchev–Trinajstić information content (AvgIpc) is 2.61. The minimum absolute atomic E-state index is 0.108. The van der Waals surface area contributed by atoms with E-state index in [4.69, 9.17) is 5.73 Å². The standard InChI is InChI=1S/C14H17N3O/c1-17-12-6-5-9(15)8-11(12)13-10(14(17)18)4-2-3-7-16-13/h5-6,8,16H,2-4,7,15H2,1H3. The molecule has 0 saturated heterocycles. The SMILES string of the molecule is Cn1c(=O)c2c(c3cc(N)ccc31)NCCCC2. The van der Waals surface area contributed by atoms with E-state index in [0.29, 0.717) is 0 Å². The van der Waals surface area contributed by atoms with Gasteiger partial charge in [0.15, 0.2) is 0 Å². The van der Waals surface area contributed by atoms with Crippen molar-refractivity contribution in [2.45, 2.75) is 19.3 Å². The number of anilines is 2. The van der Waals surface area contributed by atoms with Gasteiger partial charge in [-0.15, -0.1) is 0 Å². The minimum Gasteiger partial charge on any atom is -0.399 e. The van der Waals surface area contributed by atoms with Crippen LogP contribution in [-0.2, 0) is 13.5 Å². The monoisotopic (exact) mass is 243 g/mol. The molecule has 4 heteroatoms. The van der Waals surface area contributed by atoms with E-state index in [0.717, 1.165) is 53.6 Å². The number of nitrogens with two attached hydrogens (primary N) is 1. The first-order chi connectivity index (χ1) is 8.68. The molecule has 1 aromatic carbocycles. The molecule has 0 aliphatic carbocycles. The highest BCUT2D eigenvalue weighted by Crippen LogP contribution is 2.29. The van der Waals surface area contributed by atoms with Crippen LogP contribution in [0.4, 0.5) is 11.4 Å². The largest absolute Gasteiger partial charge is 0.399 e. The second kappa shape index (κ2) is 4.05. The molecule has 0 atom stereocenters. The van der Waals surface area contributed by atoms with Crippen molar-refractivity contribution in [3.05, 3.63) is 34.1 Å². The van der Waals surface area contributed by atoms with Crippen molar-refractivity contribution in [2.24, 2.45) is 7.05 Å². The van der Waals surface area contributed by atoms with Crippen LogP contribution in [0.3, 0.4) is 0 Å². The highest BCUT2D eigenvalue weighted by molar-refractivity contribution is 5.95. The Morgan fingerprint density at radius 3 is 3.00 bits per heavy atom. The van der Waals surface area contributed by atoms with E-state index in [-0.39, 0.29) is 5.56 Å². The molecule has 2 heterocycles. The molecule has 3 rings (SSSR count). The molecule has 0 unspecified atom stereocenters. The number of benzene rings is 1. The fourth-order valence-corrected chi connectivity index (χ4v) is 2.70. The normalized spacial score (nSPS) is 14.9. The first-order valence-electron chi connectivity index (χ1n) is 6.33. The summed E-state index contributed by atoms with van der Waals surface area (Å²) in [5, 5.41) is 4.44. The number of hydrogen-bond donors (Lipinski definition) is 2. The summed E-state index contributed by atoms with van der Waals surface area (Å²) in [6, 6.07) is 5.70. The van der Waals surface area contributed by atoms with Crippen molar-refractivity contribution in [1.29, 1.82) is 0 Å². The summed E-state index contributed by atoms with van der Waals surface area (Å²) in [5.74, 6) is 0. The number of rotatable bonds is 0. The Labute approximate surface area is 105 Å². The van der Waals surface area contributed by atoms with Gasteiger partial charge >= 0.3 is 0 Å². The number of aryl methyl sites for hydroxylation is 1. The predicted octanol–water partition coefficient (Wildman–Crippen LogP) is 1.87. The van der Waals surface area contributed by atoms with E-state index in [2.05, 4.69) is 5.32 Å². The lowest BCUT2D eigenvalue weighted by molar-refractivity contribution is 0.771. The fraction of sp³-hybridized carbons (Fsp3) is 0.357. The Balaban J connectivity index is 2.44. The molecule has 2 aromatic rings. The van der Waals surface area contributed by atoms with Gasteiger partial charge in [-0.2, -0.15) is 0 Å². The maximum Gasteiger partial charge on any atom is 0.256 e. The lowest BCUT2D eigenvalue weighted by Gasteiger charge is -2.14. The molecule has 0 bridgehead atoms. The number of hydrogen-bond acceptors (Lipinski definition) is 3. The summed E-state index contributed by atoms with van der Waals surface area (Å²) in [5.41, 5.74) is 9.52. The Kier molecular flexibility index (Phi) is 2.51. The second-order valence-electron chi connectivity index (χ2n) is 4.88. The van der Waals surface area contributed by atoms with Crippen molar-refractivity contribution >= 4 is 22.3 Å². The third kappa shape index (κ3) is 1.56. The molecule has 3 N–H and O–H groups in total. The van der Waals surface area contributed by atoms with Crippen LogP contribution in [0.15, 0.2) is 23.0 Å². The molecule has 1 aliphatic heterocycles. The lowest BCUT2D eigenvalue weighted by Crippen LogP contribution is -2.23. The zero-order valence-electron chi connectivity index (χ0n) is 10.5. The molecular formula is C14H17N3O. The number of pyridine rings is 1. The summed E-state index contributed by atoms with van der Waals surface area (Å²) in [4.78, 5) is 12.4. The van der Waals surface area contributed by atoms with Crippen LogP contribution in [0.5, 0.6) is 0 Å². The molecule has 4 nitrogen and oxygen atoms in total. The lowest BCUT2D eigenvalue weighted by atomic mass is 10.0. The number of nitrogens with zero attached hydrogens (tertiary/aromatic N) is 1. The fourth-order valence-electron chi connectivity index (χ4n) is 2.70. The summed E-state index contributed by atoms with van der Waals surface area (Å²) in [6.45, 7) is 0.921. The Morgan fingerprint density at radius 2 is 2.17 bits per heavy atom. The molecule has 1 aromatic heterocycles. The van der Waals surface area contributed by atoms with E-state index in [1.165, 1.54) is 0 Å². The third-order valence-electron chi connectivity index (χ3n) is 3.67. The second-order valence-corrected chi connectivity index (χ2v) is 4.88. The van der Waals surface area contributed by atoms with Gasteiger partial charge in [0.05, 0.1) is 11.2 Å². The smallest absolute Gasteiger partial charge is 0.256 e. The molecule has 94 valence electrons. The molecule has 0 amide bonds. The van der Waals surface area contributed by atoms with Crippen LogP contribution in [0.25, 0.3) is 10.9 Å². The van der Waals surface area contributed by atoms with Crippen LogP contribution in [0.1, 0.15) is 18.4 Å². The zero-order valence-corrected chi connectivity index (χ0v) is 10.5.